The number of imide groups is 1. The number of amides is 3. The highest BCUT2D eigenvalue weighted by Crippen LogP contribution is 1.98. The zero-order valence-electron chi connectivity index (χ0n) is 9.75. The highest BCUT2D eigenvalue weighted by Gasteiger charge is 2.27. The SMILES string of the molecule is CC(NC(=O)CN)C(=O)N(CC(=O)O)C(=O)CS. The van der Waals surface area contributed by atoms with E-state index in [2.05, 4.69) is 17.9 Å². The van der Waals surface area contributed by atoms with Gasteiger partial charge in [0.05, 0.1) is 12.3 Å². The van der Waals surface area contributed by atoms with E-state index in [0.29, 0.717) is 4.90 Å². The van der Waals surface area contributed by atoms with Gasteiger partial charge in [0.15, 0.2) is 0 Å². The summed E-state index contributed by atoms with van der Waals surface area (Å²) in [5.74, 6) is -3.80. The summed E-state index contributed by atoms with van der Waals surface area (Å²) in [5.41, 5.74) is 5.05. The van der Waals surface area contributed by atoms with Crippen LogP contribution in [0.25, 0.3) is 0 Å². The zero-order chi connectivity index (χ0) is 14.3. The molecule has 0 aliphatic heterocycles. The lowest BCUT2D eigenvalue weighted by atomic mass is 10.2. The number of thiol groups is 1. The molecule has 1 atom stereocenters. The van der Waals surface area contributed by atoms with E-state index in [0.717, 1.165) is 0 Å². The molecule has 0 saturated heterocycles. The lowest BCUT2D eigenvalue weighted by Gasteiger charge is -2.22. The third kappa shape index (κ3) is 5.15. The minimum atomic E-state index is -1.34. The van der Waals surface area contributed by atoms with Crippen LogP contribution in [-0.4, -0.2) is 58.6 Å². The summed E-state index contributed by atoms with van der Waals surface area (Å²) in [6, 6.07) is -1.04. The lowest BCUT2D eigenvalue weighted by molar-refractivity contribution is -0.152. The van der Waals surface area contributed by atoms with Crippen LogP contribution in [0.4, 0.5) is 0 Å². The second-order valence-corrected chi connectivity index (χ2v) is 3.68. The van der Waals surface area contributed by atoms with Crippen molar-refractivity contribution < 1.29 is 24.3 Å². The summed E-state index contributed by atoms with van der Waals surface area (Å²) >= 11 is 3.68. The van der Waals surface area contributed by atoms with Crippen molar-refractivity contribution in [1.82, 2.24) is 10.2 Å². The van der Waals surface area contributed by atoms with Gasteiger partial charge in [-0.1, -0.05) is 0 Å². The van der Waals surface area contributed by atoms with E-state index in [4.69, 9.17) is 10.8 Å². The number of nitrogens with one attached hydrogen (secondary N) is 1. The summed E-state index contributed by atoms with van der Waals surface area (Å²) in [4.78, 5) is 45.2. The highest BCUT2D eigenvalue weighted by atomic mass is 32.1. The molecule has 0 bridgehead atoms. The normalized spacial score (nSPS) is 11.5. The molecule has 9 heteroatoms. The fraction of sp³-hybridized carbons (Fsp3) is 0.556. The van der Waals surface area contributed by atoms with Gasteiger partial charge in [-0.15, -0.1) is 0 Å². The van der Waals surface area contributed by atoms with Gasteiger partial charge in [0.1, 0.15) is 12.6 Å². The molecule has 0 saturated carbocycles. The number of hydrogen-bond donors (Lipinski definition) is 4. The molecule has 0 heterocycles. The van der Waals surface area contributed by atoms with Crippen LogP contribution in [0.5, 0.6) is 0 Å². The fourth-order valence-corrected chi connectivity index (χ4v) is 1.28. The molecule has 8 nitrogen and oxygen atoms in total. The highest BCUT2D eigenvalue weighted by molar-refractivity contribution is 7.81. The number of nitrogens with two attached hydrogens (primary N) is 1. The van der Waals surface area contributed by atoms with Crippen molar-refractivity contribution in [2.45, 2.75) is 13.0 Å². The standard InChI is InChI=1S/C9H15N3O5S/c1-5(11-6(13)2-10)9(17)12(3-8(15)16)7(14)4-18/h5,18H,2-4,10H2,1H3,(H,11,13)(H,15,16). The monoisotopic (exact) mass is 277 g/mol. The number of carbonyl (C=O) groups is 4. The van der Waals surface area contributed by atoms with Gasteiger partial charge in [-0.3, -0.25) is 24.1 Å². The van der Waals surface area contributed by atoms with Crippen molar-refractivity contribution in [3.63, 3.8) is 0 Å². The minimum Gasteiger partial charge on any atom is -0.480 e. The third-order valence-electron chi connectivity index (χ3n) is 1.93. The Morgan fingerprint density at radius 3 is 2.33 bits per heavy atom. The van der Waals surface area contributed by atoms with Crippen LogP contribution in [0.15, 0.2) is 0 Å². The molecule has 3 amide bonds. The van der Waals surface area contributed by atoms with Crippen molar-refractivity contribution in [2.75, 3.05) is 18.8 Å². The van der Waals surface area contributed by atoms with Crippen LogP contribution in [0.1, 0.15) is 6.92 Å². The molecule has 18 heavy (non-hydrogen) atoms. The molecule has 0 rings (SSSR count). The number of hydrogen-bond acceptors (Lipinski definition) is 6. The fourth-order valence-electron chi connectivity index (χ4n) is 1.11. The Balaban J connectivity index is 4.78. The largest absolute Gasteiger partial charge is 0.480 e. The number of carbonyl (C=O) groups excluding carboxylic acids is 3. The molecule has 0 aromatic carbocycles. The molecular weight excluding hydrogens is 262 g/mol. The lowest BCUT2D eigenvalue weighted by Crippen LogP contribution is -2.52. The summed E-state index contributed by atoms with van der Waals surface area (Å²) < 4.78 is 0. The smallest absolute Gasteiger partial charge is 0.323 e. The number of carboxylic acid groups (broad SMARTS) is 1. The van der Waals surface area contributed by atoms with Crippen molar-refractivity contribution in [2.24, 2.45) is 5.73 Å². The maximum atomic E-state index is 11.8. The molecule has 102 valence electrons. The van der Waals surface area contributed by atoms with Crippen LogP contribution in [0.2, 0.25) is 0 Å². The van der Waals surface area contributed by atoms with Crippen LogP contribution < -0.4 is 11.1 Å². The molecular formula is C9H15N3O5S. The van der Waals surface area contributed by atoms with Gasteiger partial charge in [0.2, 0.25) is 11.8 Å². The van der Waals surface area contributed by atoms with Gasteiger partial charge in [0, 0.05) is 0 Å². The molecule has 1 unspecified atom stereocenters. The summed E-state index contributed by atoms with van der Waals surface area (Å²) in [7, 11) is 0. The van der Waals surface area contributed by atoms with E-state index in [1.54, 1.807) is 0 Å². The summed E-state index contributed by atoms with van der Waals surface area (Å²) in [6.45, 7) is 0.245. The number of aliphatic carboxylic acids is 1. The topological polar surface area (TPSA) is 130 Å². The first kappa shape index (κ1) is 16.4. The zero-order valence-corrected chi connectivity index (χ0v) is 10.6. The number of rotatable bonds is 6. The van der Waals surface area contributed by atoms with E-state index in [-0.39, 0.29) is 12.3 Å². The quantitative estimate of drug-likeness (QED) is 0.408. The third-order valence-corrected chi connectivity index (χ3v) is 2.20. The van der Waals surface area contributed by atoms with Gasteiger partial charge < -0.3 is 16.2 Å². The molecule has 0 fully saturated rings. The molecule has 0 spiro atoms. The average Bonchev–Trinajstić information content (AvgIpc) is 2.33. The minimum absolute atomic E-state index is 0.308. The Labute approximate surface area is 109 Å². The molecule has 0 aromatic heterocycles. The van der Waals surface area contributed by atoms with Gasteiger partial charge in [-0.05, 0) is 6.92 Å². The molecule has 0 aliphatic carbocycles. The molecule has 0 radical (unpaired) electrons. The maximum Gasteiger partial charge on any atom is 0.323 e. The van der Waals surface area contributed by atoms with Crippen molar-refractivity contribution >= 4 is 36.3 Å². The molecule has 4 N–H and O–H groups in total. The Morgan fingerprint density at radius 1 is 1.39 bits per heavy atom. The van der Waals surface area contributed by atoms with E-state index >= 15 is 0 Å². The van der Waals surface area contributed by atoms with Crippen LogP contribution in [0, 0.1) is 0 Å². The first-order chi connectivity index (χ1) is 8.33. The van der Waals surface area contributed by atoms with E-state index in [9.17, 15) is 19.2 Å². The Kier molecular flexibility index (Phi) is 6.98. The van der Waals surface area contributed by atoms with Crippen LogP contribution in [0.3, 0.4) is 0 Å². The first-order valence-corrected chi connectivity index (χ1v) is 5.63. The number of carboxylic acids is 1. The maximum absolute atomic E-state index is 11.8. The summed E-state index contributed by atoms with van der Waals surface area (Å²) in [6.07, 6.45) is 0. The molecule has 0 aromatic rings. The first-order valence-electron chi connectivity index (χ1n) is 4.99. The van der Waals surface area contributed by atoms with Crippen molar-refractivity contribution in [1.29, 1.82) is 0 Å². The summed E-state index contributed by atoms with van der Waals surface area (Å²) in [5, 5.41) is 10.8. The van der Waals surface area contributed by atoms with Crippen LogP contribution >= 0.6 is 12.6 Å². The van der Waals surface area contributed by atoms with Crippen molar-refractivity contribution in [3.05, 3.63) is 0 Å². The second-order valence-electron chi connectivity index (χ2n) is 3.36. The van der Waals surface area contributed by atoms with Gasteiger partial charge in [0.25, 0.3) is 5.91 Å². The Bertz CT molecular complexity index is 360. The second kappa shape index (κ2) is 7.67. The van der Waals surface area contributed by atoms with E-state index in [1.807, 2.05) is 0 Å². The predicted molar refractivity (Wildman–Crippen MR) is 64.9 cm³/mol. The Morgan fingerprint density at radius 2 is 1.94 bits per heavy atom. The van der Waals surface area contributed by atoms with Gasteiger partial charge >= 0.3 is 5.97 Å². The van der Waals surface area contributed by atoms with E-state index in [1.165, 1.54) is 6.92 Å². The van der Waals surface area contributed by atoms with Crippen molar-refractivity contribution in [3.8, 4) is 0 Å². The number of nitrogens with zero attached hydrogens (tertiary/aromatic N) is 1. The average molecular weight is 277 g/mol. The predicted octanol–water partition coefficient (Wildman–Crippen LogP) is -2.18. The Hall–Kier alpha value is -1.61. The van der Waals surface area contributed by atoms with Gasteiger partial charge in [-0.2, -0.15) is 12.6 Å². The van der Waals surface area contributed by atoms with E-state index < -0.39 is 36.3 Å². The molecule has 0 aliphatic rings. The van der Waals surface area contributed by atoms with Crippen LogP contribution in [-0.2, 0) is 19.2 Å². The van der Waals surface area contributed by atoms with Gasteiger partial charge in [-0.25, -0.2) is 0 Å².